The van der Waals surface area contributed by atoms with Crippen LogP contribution in [0.15, 0.2) is 29.4 Å². The molecule has 1 amide bonds. The van der Waals surface area contributed by atoms with E-state index in [-0.39, 0.29) is 12.3 Å². The van der Waals surface area contributed by atoms with Crippen LogP contribution in [0.5, 0.6) is 0 Å². The first-order valence-electron chi connectivity index (χ1n) is 7.11. The molecule has 0 aliphatic carbocycles. The summed E-state index contributed by atoms with van der Waals surface area (Å²) in [6, 6.07) is 7.18. The normalized spacial score (nSPS) is 11.1. The topological polar surface area (TPSA) is 59.3 Å². The predicted octanol–water partition coefficient (Wildman–Crippen LogP) is 2.87. The van der Waals surface area contributed by atoms with Gasteiger partial charge in [0.15, 0.2) is 0 Å². The summed E-state index contributed by atoms with van der Waals surface area (Å²) in [7, 11) is 0. The fourth-order valence-electron chi connectivity index (χ4n) is 2.20. The van der Waals surface area contributed by atoms with Crippen LogP contribution in [0.2, 0.25) is 5.02 Å². The molecule has 1 heterocycles. The number of amides is 1. The fraction of sp³-hybridized carbons (Fsp3) is 0.312. The number of rotatable bonds is 5. The highest BCUT2D eigenvalue weighted by atomic mass is 35.5. The van der Waals surface area contributed by atoms with Crippen LogP contribution < -0.4 is 5.43 Å². The van der Waals surface area contributed by atoms with Gasteiger partial charge in [-0.2, -0.15) is 10.2 Å². The van der Waals surface area contributed by atoms with Gasteiger partial charge in [0.25, 0.3) is 0 Å². The third-order valence-corrected chi connectivity index (χ3v) is 3.65. The van der Waals surface area contributed by atoms with Gasteiger partial charge in [0, 0.05) is 22.8 Å². The van der Waals surface area contributed by atoms with Crippen LogP contribution in [-0.2, 0) is 17.8 Å². The van der Waals surface area contributed by atoms with Crippen molar-refractivity contribution >= 4 is 23.7 Å². The second-order valence-corrected chi connectivity index (χ2v) is 5.43. The summed E-state index contributed by atoms with van der Waals surface area (Å²) in [4.78, 5) is 11.8. The number of benzene rings is 1. The van der Waals surface area contributed by atoms with E-state index in [2.05, 4.69) is 15.6 Å². The minimum absolute atomic E-state index is 0.170. The molecule has 1 aromatic carbocycles. The number of carbonyl (C=O) groups is 1. The molecular formula is C16H19ClN4O. The molecule has 0 bridgehead atoms. The molecular weight excluding hydrogens is 300 g/mol. The van der Waals surface area contributed by atoms with Crippen molar-refractivity contribution in [2.75, 3.05) is 0 Å². The Balaban J connectivity index is 1.96. The van der Waals surface area contributed by atoms with Crippen LogP contribution >= 0.6 is 11.6 Å². The van der Waals surface area contributed by atoms with Crippen molar-refractivity contribution in [2.24, 2.45) is 5.10 Å². The van der Waals surface area contributed by atoms with Gasteiger partial charge in [-0.25, -0.2) is 5.43 Å². The number of hydrogen-bond acceptors (Lipinski definition) is 3. The van der Waals surface area contributed by atoms with Crippen LogP contribution in [0.3, 0.4) is 0 Å². The van der Waals surface area contributed by atoms with Gasteiger partial charge in [-0.05, 0) is 38.5 Å². The maximum atomic E-state index is 11.8. The van der Waals surface area contributed by atoms with E-state index in [9.17, 15) is 4.79 Å². The van der Waals surface area contributed by atoms with E-state index in [0.29, 0.717) is 5.02 Å². The molecule has 5 nitrogen and oxygen atoms in total. The highest BCUT2D eigenvalue weighted by Crippen LogP contribution is 2.11. The zero-order chi connectivity index (χ0) is 16.1. The fourth-order valence-corrected chi connectivity index (χ4v) is 2.33. The van der Waals surface area contributed by atoms with Gasteiger partial charge in [-0.15, -0.1) is 0 Å². The van der Waals surface area contributed by atoms with Crippen LogP contribution in [0.4, 0.5) is 0 Å². The SMILES string of the molecule is CCn1nc(C)c(/C=N\NC(=O)Cc2ccc(Cl)cc2)c1C. The van der Waals surface area contributed by atoms with E-state index in [4.69, 9.17) is 11.6 Å². The van der Waals surface area contributed by atoms with Crippen molar-refractivity contribution in [1.82, 2.24) is 15.2 Å². The summed E-state index contributed by atoms with van der Waals surface area (Å²) in [6.45, 7) is 6.76. The predicted molar refractivity (Wildman–Crippen MR) is 88.3 cm³/mol. The Labute approximate surface area is 135 Å². The standard InChI is InChI=1S/C16H19ClN4O/c1-4-21-12(3)15(11(2)20-21)10-18-19-16(22)9-13-5-7-14(17)8-6-13/h5-8,10H,4,9H2,1-3H3,(H,19,22)/b18-10-. The number of hydrazone groups is 1. The first-order chi connectivity index (χ1) is 10.5. The van der Waals surface area contributed by atoms with Crippen molar-refractivity contribution in [3.05, 3.63) is 51.8 Å². The number of aromatic nitrogens is 2. The molecule has 0 spiro atoms. The summed E-state index contributed by atoms with van der Waals surface area (Å²) in [6.07, 6.45) is 1.91. The molecule has 116 valence electrons. The zero-order valence-corrected chi connectivity index (χ0v) is 13.7. The molecule has 2 aromatic rings. The Bertz CT molecular complexity index is 689. The number of carbonyl (C=O) groups excluding carboxylic acids is 1. The molecule has 0 unspecified atom stereocenters. The number of nitrogens with zero attached hydrogens (tertiary/aromatic N) is 3. The van der Waals surface area contributed by atoms with Gasteiger partial charge in [0.1, 0.15) is 0 Å². The van der Waals surface area contributed by atoms with Gasteiger partial charge in [0.2, 0.25) is 5.91 Å². The lowest BCUT2D eigenvalue weighted by atomic mass is 10.1. The second-order valence-electron chi connectivity index (χ2n) is 5.00. The van der Waals surface area contributed by atoms with Crippen molar-refractivity contribution in [3.63, 3.8) is 0 Å². The average molecular weight is 319 g/mol. The maximum absolute atomic E-state index is 11.8. The lowest BCUT2D eigenvalue weighted by molar-refractivity contribution is -0.120. The Kier molecular flexibility index (Phi) is 5.33. The van der Waals surface area contributed by atoms with Crippen molar-refractivity contribution in [2.45, 2.75) is 33.7 Å². The van der Waals surface area contributed by atoms with Gasteiger partial charge in [0.05, 0.1) is 18.3 Å². The van der Waals surface area contributed by atoms with Crippen LogP contribution in [-0.4, -0.2) is 21.9 Å². The molecule has 1 aromatic heterocycles. The zero-order valence-electron chi connectivity index (χ0n) is 12.9. The molecule has 0 saturated heterocycles. The van der Waals surface area contributed by atoms with Crippen LogP contribution in [0.25, 0.3) is 0 Å². The summed E-state index contributed by atoms with van der Waals surface area (Å²) in [5.74, 6) is -0.170. The molecule has 0 aliphatic rings. The summed E-state index contributed by atoms with van der Waals surface area (Å²) in [5.41, 5.74) is 6.30. The lowest BCUT2D eigenvalue weighted by Gasteiger charge is -2.01. The minimum atomic E-state index is -0.170. The van der Waals surface area contributed by atoms with Crippen LogP contribution in [0.1, 0.15) is 29.4 Å². The largest absolute Gasteiger partial charge is 0.273 e. The number of aryl methyl sites for hydroxylation is 2. The molecule has 6 heteroatoms. The summed E-state index contributed by atoms with van der Waals surface area (Å²) in [5, 5.41) is 9.08. The van der Waals surface area contributed by atoms with Crippen molar-refractivity contribution in [3.8, 4) is 0 Å². The molecule has 0 radical (unpaired) electrons. The number of hydrogen-bond donors (Lipinski definition) is 1. The van der Waals surface area contributed by atoms with Gasteiger partial charge >= 0.3 is 0 Å². The first kappa shape index (κ1) is 16.2. The molecule has 0 atom stereocenters. The summed E-state index contributed by atoms with van der Waals surface area (Å²) >= 11 is 5.81. The van der Waals surface area contributed by atoms with Crippen LogP contribution in [0, 0.1) is 13.8 Å². The number of nitrogens with one attached hydrogen (secondary N) is 1. The minimum Gasteiger partial charge on any atom is -0.273 e. The third kappa shape index (κ3) is 3.95. The Morgan fingerprint density at radius 1 is 1.36 bits per heavy atom. The Morgan fingerprint density at radius 2 is 2.05 bits per heavy atom. The van der Waals surface area contributed by atoms with E-state index in [1.165, 1.54) is 0 Å². The molecule has 2 rings (SSSR count). The summed E-state index contributed by atoms with van der Waals surface area (Å²) < 4.78 is 1.91. The Hall–Kier alpha value is -2.14. The molecule has 0 saturated carbocycles. The van der Waals surface area contributed by atoms with Gasteiger partial charge in [-0.1, -0.05) is 23.7 Å². The first-order valence-corrected chi connectivity index (χ1v) is 7.49. The second kappa shape index (κ2) is 7.22. The van der Waals surface area contributed by atoms with E-state index >= 15 is 0 Å². The third-order valence-electron chi connectivity index (χ3n) is 3.40. The molecule has 0 fully saturated rings. The molecule has 1 N–H and O–H groups in total. The lowest BCUT2D eigenvalue weighted by Crippen LogP contribution is -2.19. The van der Waals surface area contributed by atoms with E-state index in [1.54, 1.807) is 18.3 Å². The highest BCUT2D eigenvalue weighted by molar-refractivity contribution is 6.30. The van der Waals surface area contributed by atoms with Gasteiger partial charge < -0.3 is 0 Å². The van der Waals surface area contributed by atoms with Gasteiger partial charge in [-0.3, -0.25) is 9.48 Å². The number of halogens is 1. The van der Waals surface area contributed by atoms with E-state index < -0.39 is 0 Å². The quantitative estimate of drug-likeness (QED) is 0.680. The highest BCUT2D eigenvalue weighted by Gasteiger charge is 2.08. The average Bonchev–Trinajstić information content (AvgIpc) is 2.77. The smallest absolute Gasteiger partial charge is 0.244 e. The Morgan fingerprint density at radius 3 is 2.64 bits per heavy atom. The van der Waals surface area contributed by atoms with Crippen molar-refractivity contribution < 1.29 is 4.79 Å². The van der Waals surface area contributed by atoms with E-state index in [0.717, 1.165) is 29.1 Å². The maximum Gasteiger partial charge on any atom is 0.244 e. The monoisotopic (exact) mass is 318 g/mol. The van der Waals surface area contributed by atoms with E-state index in [1.807, 2.05) is 37.6 Å². The van der Waals surface area contributed by atoms with Crippen molar-refractivity contribution in [1.29, 1.82) is 0 Å². The molecule has 0 aliphatic heterocycles. The molecule has 22 heavy (non-hydrogen) atoms.